The van der Waals surface area contributed by atoms with Gasteiger partial charge in [0.1, 0.15) is 18.1 Å². The third-order valence-corrected chi connectivity index (χ3v) is 5.33. The van der Waals surface area contributed by atoms with Crippen LogP contribution in [0.2, 0.25) is 0 Å². The molecule has 0 radical (unpaired) electrons. The van der Waals surface area contributed by atoms with Crippen molar-refractivity contribution in [3.05, 3.63) is 35.9 Å². The van der Waals surface area contributed by atoms with E-state index in [-0.39, 0.29) is 19.0 Å². The van der Waals surface area contributed by atoms with E-state index >= 15 is 0 Å². The van der Waals surface area contributed by atoms with Crippen molar-refractivity contribution in [1.82, 2.24) is 4.90 Å². The van der Waals surface area contributed by atoms with E-state index in [1.807, 2.05) is 30.3 Å². The second-order valence-corrected chi connectivity index (χ2v) is 7.54. The number of aliphatic hydroxyl groups excluding tert-OH is 1. The van der Waals surface area contributed by atoms with Gasteiger partial charge >= 0.3 is 6.09 Å². The Hall–Kier alpha value is -1.92. The number of aliphatic hydroxyl groups is 1. The smallest absolute Gasteiger partial charge is 0.412 e. The van der Waals surface area contributed by atoms with Crippen LogP contribution in [0.5, 0.6) is 0 Å². The largest absolute Gasteiger partial charge is 0.444 e. The van der Waals surface area contributed by atoms with Crippen molar-refractivity contribution in [3.8, 4) is 0 Å². The first-order valence-electron chi connectivity index (χ1n) is 9.25. The number of carbonyl (C=O) groups excluding carboxylic acids is 2. The molecule has 1 saturated heterocycles. The van der Waals surface area contributed by atoms with Gasteiger partial charge < -0.3 is 14.6 Å². The second-order valence-electron chi connectivity index (χ2n) is 7.54. The maximum Gasteiger partial charge on any atom is 0.412 e. The van der Waals surface area contributed by atoms with E-state index in [9.17, 15) is 14.7 Å². The molecule has 26 heavy (non-hydrogen) atoms. The van der Waals surface area contributed by atoms with Gasteiger partial charge in [0.2, 0.25) is 0 Å². The van der Waals surface area contributed by atoms with Gasteiger partial charge in [-0.15, -0.1) is 0 Å². The number of ether oxygens (including phenoxy) is 2. The van der Waals surface area contributed by atoms with Crippen LogP contribution in [0, 0.1) is 5.92 Å². The lowest BCUT2D eigenvalue weighted by molar-refractivity contribution is -0.130. The first-order chi connectivity index (χ1) is 12.4. The number of hydrogen-bond acceptors (Lipinski definition) is 5. The number of carbonyl (C=O) groups is 2. The van der Waals surface area contributed by atoms with Crippen LogP contribution < -0.4 is 0 Å². The van der Waals surface area contributed by atoms with E-state index in [1.54, 1.807) is 13.8 Å². The van der Waals surface area contributed by atoms with E-state index in [2.05, 4.69) is 0 Å². The average molecular weight is 361 g/mol. The van der Waals surface area contributed by atoms with Crippen LogP contribution in [0.15, 0.2) is 30.3 Å². The summed E-state index contributed by atoms with van der Waals surface area (Å²) in [5, 5.41) is 10.8. The van der Waals surface area contributed by atoms with Crippen LogP contribution in [0.25, 0.3) is 0 Å². The molecule has 3 atom stereocenters. The number of amides is 1. The van der Waals surface area contributed by atoms with Gasteiger partial charge in [-0.3, -0.25) is 9.69 Å². The van der Waals surface area contributed by atoms with Crippen LogP contribution in [0.4, 0.5) is 4.79 Å². The second kappa shape index (κ2) is 7.76. The summed E-state index contributed by atoms with van der Waals surface area (Å²) in [7, 11) is 0. The third kappa shape index (κ3) is 3.91. The van der Waals surface area contributed by atoms with Crippen LogP contribution >= 0.6 is 0 Å². The summed E-state index contributed by atoms with van der Waals surface area (Å²) in [6.07, 6.45) is 1.47. The highest BCUT2D eigenvalue weighted by Gasteiger charge is 2.50. The van der Waals surface area contributed by atoms with Gasteiger partial charge in [0.15, 0.2) is 0 Å². The standard InChI is InChI=1S/C20H27NO5/c1-20(2)21(19(24)25-12-14-8-4-3-5-9-14)16(13-26-20)18(23)15-10-6-7-11-17(15)22/h3-5,8-9,15-16,18,23H,6-7,10-13H2,1-2H3/t15-,16+,18-/m1/s1. The molecule has 6 heteroatoms. The minimum atomic E-state index is -0.936. The summed E-state index contributed by atoms with van der Waals surface area (Å²) >= 11 is 0. The van der Waals surface area contributed by atoms with Crippen molar-refractivity contribution < 1.29 is 24.2 Å². The van der Waals surface area contributed by atoms with Gasteiger partial charge in [0.05, 0.1) is 18.8 Å². The van der Waals surface area contributed by atoms with Gasteiger partial charge in [-0.1, -0.05) is 36.8 Å². The molecule has 1 aromatic carbocycles. The van der Waals surface area contributed by atoms with Gasteiger partial charge in [-0.2, -0.15) is 0 Å². The van der Waals surface area contributed by atoms with Crippen LogP contribution in [0.3, 0.4) is 0 Å². The predicted octanol–water partition coefficient (Wildman–Crippen LogP) is 2.88. The molecule has 142 valence electrons. The SMILES string of the molecule is CC1(C)OC[C@@H]([C@H](O)[C@@H]2CCCCC2=O)N1C(=O)OCc1ccccc1. The summed E-state index contributed by atoms with van der Waals surface area (Å²) in [5.74, 6) is -0.360. The van der Waals surface area contributed by atoms with E-state index in [0.717, 1.165) is 18.4 Å². The maximum absolute atomic E-state index is 12.7. The average Bonchev–Trinajstić information content (AvgIpc) is 2.95. The molecule has 6 nitrogen and oxygen atoms in total. The normalized spacial score (nSPS) is 26.6. The highest BCUT2D eigenvalue weighted by Crippen LogP contribution is 2.34. The van der Waals surface area contributed by atoms with Crippen molar-refractivity contribution in [2.75, 3.05) is 6.61 Å². The van der Waals surface area contributed by atoms with Crippen molar-refractivity contribution in [2.24, 2.45) is 5.92 Å². The van der Waals surface area contributed by atoms with Crippen LogP contribution in [-0.4, -0.2) is 46.4 Å². The number of hydrogen-bond donors (Lipinski definition) is 1. The van der Waals surface area contributed by atoms with Crippen molar-refractivity contribution in [1.29, 1.82) is 0 Å². The fourth-order valence-electron chi connectivity index (χ4n) is 3.87. The van der Waals surface area contributed by atoms with Crippen molar-refractivity contribution >= 4 is 11.9 Å². The van der Waals surface area contributed by atoms with E-state index < -0.39 is 29.9 Å². The van der Waals surface area contributed by atoms with Crippen molar-refractivity contribution in [3.63, 3.8) is 0 Å². The first-order valence-corrected chi connectivity index (χ1v) is 9.25. The summed E-state index contributed by atoms with van der Waals surface area (Å²) in [5.41, 5.74) is -0.00439. The molecule has 1 aliphatic carbocycles. The molecule has 1 aromatic rings. The lowest BCUT2D eigenvalue weighted by Crippen LogP contribution is -2.54. The lowest BCUT2D eigenvalue weighted by Gasteiger charge is -2.37. The summed E-state index contributed by atoms with van der Waals surface area (Å²) in [6.45, 7) is 3.88. The molecular weight excluding hydrogens is 334 g/mol. The highest BCUT2D eigenvalue weighted by atomic mass is 16.6. The molecule has 0 aromatic heterocycles. The minimum Gasteiger partial charge on any atom is -0.444 e. The van der Waals surface area contributed by atoms with Gasteiger partial charge in [0, 0.05) is 12.3 Å². The Kier molecular flexibility index (Phi) is 5.63. The zero-order valence-electron chi connectivity index (χ0n) is 15.4. The van der Waals surface area contributed by atoms with Gasteiger partial charge in [-0.05, 0) is 32.3 Å². The fraction of sp³-hybridized carbons (Fsp3) is 0.600. The van der Waals surface area contributed by atoms with Crippen LogP contribution in [-0.2, 0) is 20.9 Å². The number of rotatable bonds is 4. The Morgan fingerprint density at radius 3 is 2.77 bits per heavy atom. The minimum absolute atomic E-state index is 0.0751. The molecule has 1 aliphatic heterocycles. The van der Waals surface area contributed by atoms with Crippen LogP contribution in [0.1, 0.15) is 45.1 Å². The molecule has 1 N–H and O–H groups in total. The monoisotopic (exact) mass is 361 g/mol. The number of ketones is 1. The first kappa shape index (κ1) is 18.9. The fourth-order valence-corrected chi connectivity index (χ4v) is 3.87. The molecule has 2 aliphatic rings. The third-order valence-electron chi connectivity index (χ3n) is 5.33. The summed E-state index contributed by atoms with van der Waals surface area (Å²) < 4.78 is 11.2. The zero-order chi connectivity index (χ0) is 18.7. The molecule has 1 heterocycles. The Morgan fingerprint density at radius 2 is 2.08 bits per heavy atom. The molecular formula is C20H27NO5. The van der Waals surface area contributed by atoms with Gasteiger partial charge in [0.25, 0.3) is 0 Å². The van der Waals surface area contributed by atoms with E-state index in [1.165, 1.54) is 4.90 Å². The Morgan fingerprint density at radius 1 is 1.35 bits per heavy atom. The molecule has 0 unspecified atom stereocenters. The number of nitrogens with zero attached hydrogens (tertiary/aromatic N) is 1. The van der Waals surface area contributed by atoms with E-state index in [4.69, 9.17) is 9.47 Å². The summed E-state index contributed by atoms with van der Waals surface area (Å²) in [4.78, 5) is 26.4. The summed E-state index contributed by atoms with van der Waals surface area (Å²) in [6, 6.07) is 8.84. The predicted molar refractivity (Wildman–Crippen MR) is 95.3 cm³/mol. The molecule has 2 fully saturated rings. The molecule has 1 saturated carbocycles. The number of benzene rings is 1. The highest BCUT2D eigenvalue weighted by molar-refractivity contribution is 5.82. The molecule has 3 rings (SSSR count). The molecule has 0 bridgehead atoms. The Balaban J connectivity index is 1.71. The number of Topliss-reactive ketones (excluding diaryl/α,β-unsaturated/α-hetero) is 1. The van der Waals surface area contributed by atoms with E-state index in [0.29, 0.717) is 12.8 Å². The molecule has 0 spiro atoms. The Labute approximate surface area is 154 Å². The maximum atomic E-state index is 12.7. The zero-order valence-corrected chi connectivity index (χ0v) is 15.4. The topological polar surface area (TPSA) is 76.1 Å². The lowest BCUT2D eigenvalue weighted by atomic mass is 9.81. The Bertz CT molecular complexity index is 645. The van der Waals surface area contributed by atoms with Gasteiger partial charge in [-0.25, -0.2) is 4.79 Å². The molecule has 1 amide bonds. The quantitative estimate of drug-likeness (QED) is 0.892. The van der Waals surface area contributed by atoms with Crippen molar-refractivity contribution in [2.45, 2.75) is 64.0 Å².